The Balaban J connectivity index is 1.56. The van der Waals surface area contributed by atoms with Crippen LogP contribution in [-0.4, -0.2) is 5.91 Å². The molecule has 1 aromatic heterocycles. The molecule has 120 valence electrons. The van der Waals surface area contributed by atoms with Crippen molar-refractivity contribution < 1.29 is 9.21 Å². The lowest BCUT2D eigenvalue weighted by atomic mass is 10.1. The molecule has 4 nitrogen and oxygen atoms in total. The predicted molar refractivity (Wildman–Crippen MR) is 92.2 cm³/mol. The number of para-hydroxylation sites is 1. The quantitative estimate of drug-likeness (QED) is 0.769. The molecule has 1 unspecified atom stereocenters. The number of rotatable bonds is 5. The maximum absolute atomic E-state index is 12.1. The molecule has 1 N–H and O–H groups in total. The molecule has 0 bridgehead atoms. The second-order valence-corrected chi connectivity index (χ2v) is 5.78. The van der Waals surface area contributed by atoms with E-state index in [9.17, 15) is 4.79 Å². The number of hydrogen-bond donors (Lipinski definition) is 1. The van der Waals surface area contributed by atoms with E-state index in [4.69, 9.17) is 9.68 Å². The molecular weight excluding hydrogens is 300 g/mol. The van der Waals surface area contributed by atoms with Crippen LogP contribution in [0.5, 0.6) is 0 Å². The van der Waals surface area contributed by atoms with E-state index in [0.717, 1.165) is 22.3 Å². The summed E-state index contributed by atoms with van der Waals surface area (Å²) in [6.07, 6.45) is 1.04. The topological polar surface area (TPSA) is 66.0 Å². The van der Waals surface area contributed by atoms with Crippen molar-refractivity contribution in [2.45, 2.75) is 25.8 Å². The normalized spacial score (nSPS) is 11.8. The molecular formula is C20H18N2O2. The Morgan fingerprint density at radius 3 is 2.67 bits per heavy atom. The second-order valence-electron chi connectivity index (χ2n) is 5.78. The molecule has 3 aromatic rings. The molecule has 3 rings (SSSR count). The number of nitrogens with zero attached hydrogens (tertiary/aromatic N) is 1. The van der Waals surface area contributed by atoms with Crippen molar-refractivity contribution in [2.75, 3.05) is 0 Å². The van der Waals surface area contributed by atoms with Crippen molar-refractivity contribution >= 4 is 16.9 Å². The summed E-state index contributed by atoms with van der Waals surface area (Å²) in [6, 6.07) is 19.0. The van der Waals surface area contributed by atoms with E-state index in [1.807, 2.05) is 49.4 Å². The van der Waals surface area contributed by atoms with Gasteiger partial charge < -0.3 is 9.73 Å². The molecule has 1 heterocycles. The van der Waals surface area contributed by atoms with Crippen molar-refractivity contribution in [3.8, 4) is 6.07 Å². The highest BCUT2D eigenvalue weighted by Gasteiger charge is 2.14. The van der Waals surface area contributed by atoms with Gasteiger partial charge in [0.2, 0.25) is 5.91 Å². The molecule has 0 saturated carbocycles. The molecule has 0 saturated heterocycles. The van der Waals surface area contributed by atoms with Crippen molar-refractivity contribution in [1.82, 2.24) is 5.32 Å². The number of nitrogens with one attached hydrogen (secondary N) is 1. The van der Waals surface area contributed by atoms with Crippen molar-refractivity contribution in [1.29, 1.82) is 5.26 Å². The van der Waals surface area contributed by atoms with E-state index < -0.39 is 0 Å². The third-order valence-corrected chi connectivity index (χ3v) is 3.97. The maximum atomic E-state index is 12.1. The van der Waals surface area contributed by atoms with Crippen LogP contribution in [0, 0.1) is 11.3 Å². The van der Waals surface area contributed by atoms with Gasteiger partial charge in [0.25, 0.3) is 0 Å². The first-order chi connectivity index (χ1) is 11.7. The number of benzene rings is 2. The van der Waals surface area contributed by atoms with Gasteiger partial charge in [0, 0.05) is 11.8 Å². The van der Waals surface area contributed by atoms with Crippen molar-refractivity contribution in [3.63, 3.8) is 0 Å². The summed E-state index contributed by atoms with van der Waals surface area (Å²) in [7, 11) is 0. The Labute approximate surface area is 140 Å². The smallest absolute Gasteiger partial charge is 0.220 e. The van der Waals surface area contributed by atoms with E-state index in [1.54, 1.807) is 12.1 Å². The summed E-state index contributed by atoms with van der Waals surface area (Å²) < 4.78 is 5.77. The van der Waals surface area contributed by atoms with Crippen molar-refractivity contribution in [2.24, 2.45) is 0 Å². The van der Waals surface area contributed by atoms with Crippen molar-refractivity contribution in [3.05, 3.63) is 71.5 Å². The number of nitriles is 1. The lowest BCUT2D eigenvalue weighted by molar-refractivity contribution is -0.121. The Bertz CT molecular complexity index is 855. The van der Waals surface area contributed by atoms with E-state index in [1.165, 1.54) is 0 Å². The number of furan rings is 1. The minimum atomic E-state index is -0.175. The Morgan fingerprint density at radius 1 is 1.21 bits per heavy atom. The molecule has 0 aliphatic heterocycles. The summed E-state index contributed by atoms with van der Waals surface area (Å²) in [6.45, 7) is 1.91. The number of carbonyl (C=O) groups excluding carboxylic acids is 1. The van der Waals surface area contributed by atoms with Gasteiger partial charge in [-0.2, -0.15) is 5.26 Å². The highest BCUT2D eigenvalue weighted by Crippen LogP contribution is 2.23. The molecule has 0 spiro atoms. The predicted octanol–water partition coefficient (Wildman–Crippen LogP) is 4.11. The van der Waals surface area contributed by atoms with Crippen LogP contribution in [0.25, 0.3) is 11.0 Å². The molecule has 4 heteroatoms. The molecule has 0 radical (unpaired) electrons. The average molecular weight is 318 g/mol. The van der Waals surface area contributed by atoms with Gasteiger partial charge in [0.15, 0.2) is 0 Å². The largest absolute Gasteiger partial charge is 0.459 e. The third-order valence-electron chi connectivity index (χ3n) is 3.97. The molecule has 24 heavy (non-hydrogen) atoms. The molecule has 2 aromatic carbocycles. The van der Waals surface area contributed by atoms with E-state index in [-0.39, 0.29) is 11.9 Å². The number of amides is 1. The van der Waals surface area contributed by atoms with Crippen LogP contribution in [0.1, 0.15) is 36.3 Å². The lowest BCUT2D eigenvalue weighted by Gasteiger charge is -2.11. The van der Waals surface area contributed by atoms with Crippen LogP contribution in [0.3, 0.4) is 0 Å². The molecule has 1 amide bonds. The Hall–Kier alpha value is -3.06. The van der Waals surface area contributed by atoms with Gasteiger partial charge in [-0.15, -0.1) is 0 Å². The minimum Gasteiger partial charge on any atom is -0.459 e. The summed E-state index contributed by atoms with van der Waals surface area (Å²) in [5.41, 5.74) is 2.49. The number of aryl methyl sites for hydroxylation is 1. The molecule has 1 atom stereocenters. The maximum Gasteiger partial charge on any atom is 0.220 e. The highest BCUT2D eigenvalue weighted by atomic mass is 16.3. The van der Waals surface area contributed by atoms with Gasteiger partial charge in [0.05, 0.1) is 17.7 Å². The molecule has 0 aliphatic carbocycles. The van der Waals surface area contributed by atoms with Gasteiger partial charge in [-0.3, -0.25) is 4.79 Å². The second kappa shape index (κ2) is 7.01. The Kier molecular flexibility index (Phi) is 4.62. The van der Waals surface area contributed by atoms with Crippen LogP contribution < -0.4 is 5.32 Å². The SMILES string of the molecule is CC(NC(=O)CCc1ccc(C#N)cc1)c1cc2ccccc2o1. The minimum absolute atomic E-state index is 0.0210. The summed E-state index contributed by atoms with van der Waals surface area (Å²) in [5.74, 6) is 0.732. The first kappa shape index (κ1) is 15.8. The van der Waals surface area contributed by atoms with Crippen LogP contribution in [0.15, 0.2) is 59.0 Å². The van der Waals surface area contributed by atoms with E-state index in [2.05, 4.69) is 11.4 Å². The first-order valence-corrected chi connectivity index (χ1v) is 7.92. The zero-order chi connectivity index (χ0) is 16.9. The fourth-order valence-corrected chi connectivity index (χ4v) is 2.60. The van der Waals surface area contributed by atoms with Gasteiger partial charge in [-0.1, -0.05) is 30.3 Å². The fraction of sp³-hybridized carbons (Fsp3) is 0.200. The lowest BCUT2D eigenvalue weighted by Crippen LogP contribution is -2.26. The molecule has 0 fully saturated rings. The summed E-state index contributed by atoms with van der Waals surface area (Å²) in [5, 5.41) is 12.8. The van der Waals surface area contributed by atoms with Crippen LogP contribution in [0.4, 0.5) is 0 Å². The van der Waals surface area contributed by atoms with Gasteiger partial charge in [-0.25, -0.2) is 0 Å². The zero-order valence-electron chi connectivity index (χ0n) is 13.5. The fourth-order valence-electron chi connectivity index (χ4n) is 2.60. The Morgan fingerprint density at radius 2 is 1.96 bits per heavy atom. The van der Waals surface area contributed by atoms with E-state index >= 15 is 0 Å². The van der Waals surface area contributed by atoms with Gasteiger partial charge >= 0.3 is 0 Å². The van der Waals surface area contributed by atoms with Crippen LogP contribution in [-0.2, 0) is 11.2 Å². The number of hydrogen-bond acceptors (Lipinski definition) is 3. The first-order valence-electron chi connectivity index (χ1n) is 7.92. The number of fused-ring (bicyclic) bond motifs is 1. The average Bonchev–Trinajstić information content (AvgIpc) is 3.05. The standard InChI is InChI=1S/C20H18N2O2/c1-14(19-12-17-4-2-3-5-18(17)24-19)22-20(23)11-10-15-6-8-16(13-21)9-7-15/h2-9,12,14H,10-11H2,1H3,(H,22,23). The summed E-state index contributed by atoms with van der Waals surface area (Å²) >= 11 is 0. The van der Waals surface area contributed by atoms with Crippen LogP contribution >= 0.6 is 0 Å². The molecule has 0 aliphatic rings. The number of carbonyl (C=O) groups is 1. The van der Waals surface area contributed by atoms with Gasteiger partial charge in [-0.05, 0) is 43.2 Å². The monoisotopic (exact) mass is 318 g/mol. The summed E-state index contributed by atoms with van der Waals surface area (Å²) in [4.78, 5) is 12.1. The van der Waals surface area contributed by atoms with Crippen LogP contribution in [0.2, 0.25) is 0 Å². The highest BCUT2D eigenvalue weighted by molar-refractivity contribution is 5.79. The van der Waals surface area contributed by atoms with E-state index in [0.29, 0.717) is 18.4 Å². The third kappa shape index (κ3) is 3.64. The zero-order valence-corrected chi connectivity index (χ0v) is 13.5. The van der Waals surface area contributed by atoms with Gasteiger partial charge in [0.1, 0.15) is 11.3 Å².